The predicted octanol–water partition coefficient (Wildman–Crippen LogP) is 0.401. The summed E-state index contributed by atoms with van der Waals surface area (Å²) in [5.41, 5.74) is 10.9. The smallest absolute Gasteiger partial charge is 0.185 e. The standard InChI is InChI=1S/C5H8N4S2/c1-8-5-9-3(6)2(11-5)4(7)10/h6H2,1H3,(H2,7,10)(H,8,9). The third-order valence-electron chi connectivity index (χ3n) is 1.09. The van der Waals surface area contributed by atoms with Crippen LogP contribution in [0, 0.1) is 0 Å². The first-order valence-corrected chi connectivity index (χ1v) is 4.11. The molecule has 5 N–H and O–H groups in total. The van der Waals surface area contributed by atoms with Crippen LogP contribution in [0.3, 0.4) is 0 Å². The van der Waals surface area contributed by atoms with Crippen LogP contribution in [0.1, 0.15) is 4.88 Å². The summed E-state index contributed by atoms with van der Waals surface area (Å²) in [6, 6.07) is 0. The molecule has 0 fully saturated rings. The molecule has 0 aliphatic rings. The first-order valence-electron chi connectivity index (χ1n) is 2.89. The number of nitrogens with one attached hydrogen (secondary N) is 1. The van der Waals surface area contributed by atoms with Crippen LogP contribution >= 0.6 is 23.6 Å². The molecule has 60 valence electrons. The Bertz CT molecular complexity index is 280. The van der Waals surface area contributed by atoms with Crippen LogP contribution in [-0.4, -0.2) is 17.0 Å². The van der Waals surface area contributed by atoms with Crippen LogP contribution in [0.25, 0.3) is 0 Å². The highest BCUT2D eigenvalue weighted by Gasteiger charge is 2.08. The molecule has 1 aromatic heterocycles. The summed E-state index contributed by atoms with van der Waals surface area (Å²) in [5.74, 6) is 0.395. The van der Waals surface area contributed by atoms with Crippen LogP contribution in [0.15, 0.2) is 0 Å². The zero-order valence-electron chi connectivity index (χ0n) is 5.92. The van der Waals surface area contributed by atoms with Crippen LogP contribution in [0.4, 0.5) is 10.9 Å². The van der Waals surface area contributed by atoms with Gasteiger partial charge in [0.2, 0.25) is 0 Å². The largest absolute Gasteiger partial charge is 0.389 e. The average Bonchev–Trinajstić information content (AvgIpc) is 2.30. The Morgan fingerprint density at radius 1 is 1.73 bits per heavy atom. The Kier molecular flexibility index (Phi) is 2.25. The van der Waals surface area contributed by atoms with E-state index in [9.17, 15) is 0 Å². The number of nitrogens with zero attached hydrogens (tertiary/aromatic N) is 1. The molecular weight excluding hydrogens is 180 g/mol. The number of thiocarbonyl (C=S) groups is 1. The molecule has 0 bridgehead atoms. The van der Waals surface area contributed by atoms with Crippen molar-refractivity contribution in [2.24, 2.45) is 5.73 Å². The summed E-state index contributed by atoms with van der Waals surface area (Å²) in [6.07, 6.45) is 0. The zero-order valence-corrected chi connectivity index (χ0v) is 7.55. The van der Waals surface area contributed by atoms with E-state index < -0.39 is 0 Å². The van der Waals surface area contributed by atoms with Gasteiger partial charge in [-0.1, -0.05) is 23.6 Å². The van der Waals surface area contributed by atoms with Gasteiger partial charge >= 0.3 is 0 Å². The van der Waals surface area contributed by atoms with Gasteiger partial charge in [-0.25, -0.2) is 4.98 Å². The molecule has 1 aromatic rings. The van der Waals surface area contributed by atoms with E-state index in [-0.39, 0.29) is 0 Å². The Labute approximate surface area is 73.6 Å². The van der Waals surface area contributed by atoms with Crippen LogP contribution in [0.5, 0.6) is 0 Å². The quantitative estimate of drug-likeness (QED) is 0.586. The summed E-state index contributed by atoms with van der Waals surface area (Å²) in [7, 11) is 1.77. The molecule has 0 amide bonds. The second-order valence-electron chi connectivity index (χ2n) is 1.85. The lowest BCUT2D eigenvalue weighted by Gasteiger charge is -1.89. The number of hydrogen-bond donors (Lipinski definition) is 3. The number of aromatic nitrogens is 1. The van der Waals surface area contributed by atoms with Gasteiger partial charge in [0.1, 0.15) is 15.7 Å². The fourth-order valence-corrected chi connectivity index (χ4v) is 1.54. The maximum atomic E-state index is 5.51. The second kappa shape index (κ2) is 3.02. The highest BCUT2D eigenvalue weighted by Crippen LogP contribution is 2.23. The minimum Gasteiger partial charge on any atom is -0.389 e. The van der Waals surface area contributed by atoms with E-state index in [2.05, 4.69) is 10.3 Å². The minimum absolute atomic E-state index is 0.293. The first kappa shape index (κ1) is 8.22. The average molecular weight is 188 g/mol. The predicted molar refractivity (Wildman–Crippen MR) is 52.0 cm³/mol. The van der Waals surface area contributed by atoms with Crippen molar-refractivity contribution in [1.29, 1.82) is 0 Å². The molecule has 0 saturated heterocycles. The van der Waals surface area contributed by atoms with E-state index in [1.165, 1.54) is 11.3 Å². The first-order chi connectivity index (χ1) is 5.15. The van der Waals surface area contributed by atoms with Gasteiger partial charge in [0, 0.05) is 7.05 Å². The molecule has 0 aliphatic carbocycles. The van der Waals surface area contributed by atoms with Gasteiger partial charge in [-0.3, -0.25) is 0 Å². The van der Waals surface area contributed by atoms with E-state index in [0.717, 1.165) is 5.13 Å². The van der Waals surface area contributed by atoms with Crippen molar-refractivity contribution in [2.75, 3.05) is 18.1 Å². The van der Waals surface area contributed by atoms with E-state index >= 15 is 0 Å². The van der Waals surface area contributed by atoms with Gasteiger partial charge in [-0.15, -0.1) is 0 Å². The molecule has 6 heteroatoms. The summed E-state index contributed by atoms with van der Waals surface area (Å²) >= 11 is 6.11. The lowest BCUT2D eigenvalue weighted by Crippen LogP contribution is -2.09. The van der Waals surface area contributed by atoms with Gasteiger partial charge in [0.15, 0.2) is 5.13 Å². The Morgan fingerprint density at radius 2 is 2.36 bits per heavy atom. The highest BCUT2D eigenvalue weighted by atomic mass is 32.1. The number of anilines is 2. The lowest BCUT2D eigenvalue weighted by molar-refractivity contribution is 1.37. The monoisotopic (exact) mass is 188 g/mol. The van der Waals surface area contributed by atoms with Crippen LogP contribution in [-0.2, 0) is 0 Å². The maximum absolute atomic E-state index is 5.51. The SMILES string of the molecule is CNc1nc(N)c(C(N)=S)s1. The summed E-state index contributed by atoms with van der Waals surface area (Å²) in [6.45, 7) is 0. The van der Waals surface area contributed by atoms with Crippen molar-refractivity contribution in [1.82, 2.24) is 4.98 Å². The van der Waals surface area contributed by atoms with Gasteiger partial charge < -0.3 is 16.8 Å². The maximum Gasteiger partial charge on any atom is 0.185 e. The van der Waals surface area contributed by atoms with Crippen molar-refractivity contribution in [3.8, 4) is 0 Å². The van der Waals surface area contributed by atoms with Crippen molar-refractivity contribution in [3.05, 3.63) is 4.88 Å². The number of nitrogen functional groups attached to an aromatic ring is 1. The van der Waals surface area contributed by atoms with Crippen molar-refractivity contribution >= 4 is 39.5 Å². The van der Waals surface area contributed by atoms with Gasteiger partial charge in [-0.2, -0.15) is 0 Å². The van der Waals surface area contributed by atoms with Crippen molar-refractivity contribution in [2.45, 2.75) is 0 Å². The number of hydrogen-bond acceptors (Lipinski definition) is 5. The molecule has 0 aromatic carbocycles. The molecular formula is C5H8N4S2. The van der Waals surface area contributed by atoms with Gasteiger partial charge in [-0.05, 0) is 0 Å². The minimum atomic E-state index is 0.293. The molecule has 0 saturated carbocycles. The topological polar surface area (TPSA) is 77.0 Å². The van der Waals surface area contributed by atoms with E-state index in [0.29, 0.717) is 15.7 Å². The Hall–Kier alpha value is -0.880. The van der Waals surface area contributed by atoms with Gasteiger partial charge in [0.05, 0.1) is 0 Å². The fourth-order valence-electron chi connectivity index (χ4n) is 0.615. The Morgan fingerprint density at radius 3 is 2.64 bits per heavy atom. The molecule has 0 spiro atoms. The molecule has 0 atom stereocenters. The summed E-state index contributed by atoms with van der Waals surface area (Å²) in [5, 5.41) is 3.58. The third kappa shape index (κ3) is 1.58. The molecule has 0 unspecified atom stereocenters. The number of rotatable bonds is 2. The molecule has 1 rings (SSSR count). The molecule has 1 heterocycles. The van der Waals surface area contributed by atoms with Crippen molar-refractivity contribution in [3.63, 3.8) is 0 Å². The summed E-state index contributed by atoms with van der Waals surface area (Å²) in [4.78, 5) is 4.93. The van der Waals surface area contributed by atoms with E-state index in [4.69, 9.17) is 23.7 Å². The van der Waals surface area contributed by atoms with Gasteiger partial charge in [0.25, 0.3) is 0 Å². The zero-order chi connectivity index (χ0) is 8.43. The van der Waals surface area contributed by atoms with E-state index in [1.807, 2.05) is 0 Å². The molecule has 4 nitrogen and oxygen atoms in total. The molecule has 0 aliphatic heterocycles. The third-order valence-corrected chi connectivity index (χ3v) is 2.55. The van der Waals surface area contributed by atoms with Crippen molar-refractivity contribution < 1.29 is 0 Å². The summed E-state index contributed by atoms with van der Waals surface area (Å²) < 4.78 is 0. The van der Waals surface area contributed by atoms with E-state index in [1.54, 1.807) is 7.05 Å². The molecule has 0 radical (unpaired) electrons. The second-order valence-corrected chi connectivity index (χ2v) is 3.29. The number of nitrogens with two attached hydrogens (primary N) is 2. The number of thiazole rings is 1. The van der Waals surface area contributed by atoms with Crippen LogP contribution < -0.4 is 16.8 Å². The highest BCUT2D eigenvalue weighted by molar-refractivity contribution is 7.81. The Balaban J connectivity index is 3.07. The fraction of sp³-hybridized carbons (Fsp3) is 0.200. The lowest BCUT2D eigenvalue weighted by atomic mass is 10.5. The molecule has 11 heavy (non-hydrogen) atoms. The normalized spacial score (nSPS) is 9.55. The van der Waals surface area contributed by atoms with Crippen LogP contribution in [0.2, 0.25) is 0 Å².